The Balaban J connectivity index is 0.000000161. The van der Waals surface area contributed by atoms with Crippen LogP contribution < -0.4 is 16.6 Å². The van der Waals surface area contributed by atoms with Crippen molar-refractivity contribution in [2.45, 2.75) is 19.3 Å². The number of H-pyrrole nitrogens is 2. The minimum atomic E-state index is -0.473. The fourth-order valence-electron chi connectivity index (χ4n) is 2.48. The number of allylic oxidation sites excluding steroid dienone is 1. The van der Waals surface area contributed by atoms with Gasteiger partial charge in [0.25, 0.3) is 5.56 Å². The van der Waals surface area contributed by atoms with Crippen LogP contribution in [0.1, 0.15) is 19.3 Å². The first-order chi connectivity index (χ1) is 10.2. The smallest absolute Gasteiger partial charge is 0.316 e. The summed E-state index contributed by atoms with van der Waals surface area (Å²) in [6, 6.07) is 6.85. The molecule has 0 saturated carbocycles. The zero-order chi connectivity index (χ0) is 15.1. The number of hydrogen-bond donors (Lipinski definition) is 3. The summed E-state index contributed by atoms with van der Waals surface area (Å²) in [6.45, 7) is 6.14. The van der Waals surface area contributed by atoms with Gasteiger partial charge in [-0.15, -0.1) is 6.58 Å². The second kappa shape index (κ2) is 7.59. The number of para-hydroxylation sites is 1. The molecule has 21 heavy (non-hydrogen) atoms. The van der Waals surface area contributed by atoms with Crippen molar-refractivity contribution < 1.29 is 0 Å². The molecule has 2 heterocycles. The monoisotopic (exact) mass is 287 g/mol. The number of hydrogen-bond acceptors (Lipinski definition) is 3. The third-order valence-electron chi connectivity index (χ3n) is 3.55. The van der Waals surface area contributed by atoms with Crippen LogP contribution >= 0.6 is 0 Å². The van der Waals surface area contributed by atoms with E-state index in [4.69, 9.17) is 0 Å². The van der Waals surface area contributed by atoms with Gasteiger partial charge in [0.15, 0.2) is 0 Å². The summed E-state index contributed by atoms with van der Waals surface area (Å²) in [5.41, 5.74) is -0.265. The number of piperidine rings is 1. The molecule has 1 aromatic heterocycles. The fourth-order valence-corrected chi connectivity index (χ4v) is 2.48. The maximum Gasteiger partial charge on any atom is 0.326 e. The summed E-state index contributed by atoms with van der Waals surface area (Å²) in [7, 11) is 0. The van der Waals surface area contributed by atoms with Crippen LogP contribution in [0.15, 0.2) is 46.5 Å². The van der Waals surface area contributed by atoms with Crippen LogP contribution in [0.4, 0.5) is 0 Å². The molecule has 112 valence electrons. The normalized spacial score (nSPS) is 17.8. The number of aromatic amines is 2. The molecule has 5 nitrogen and oxygen atoms in total. The summed E-state index contributed by atoms with van der Waals surface area (Å²) in [6.07, 6.45) is 5.95. The SMILES string of the molecule is C=CCC1CCCNC1.O=c1[nH]c(=O)c2ccccc2[nH]1. The second-order valence-corrected chi connectivity index (χ2v) is 5.19. The Hall–Kier alpha value is -2.14. The van der Waals surface area contributed by atoms with Crippen LogP contribution in [-0.4, -0.2) is 23.1 Å². The molecule has 1 atom stereocenters. The first-order valence-electron chi connectivity index (χ1n) is 7.23. The molecule has 3 rings (SSSR count). The van der Waals surface area contributed by atoms with Gasteiger partial charge in [0.2, 0.25) is 0 Å². The Morgan fingerprint density at radius 1 is 1.24 bits per heavy atom. The number of benzene rings is 1. The van der Waals surface area contributed by atoms with Gasteiger partial charge in [-0.2, -0.15) is 0 Å². The van der Waals surface area contributed by atoms with E-state index in [9.17, 15) is 9.59 Å². The lowest BCUT2D eigenvalue weighted by Crippen LogP contribution is -2.29. The molecule has 0 radical (unpaired) electrons. The van der Waals surface area contributed by atoms with E-state index >= 15 is 0 Å². The summed E-state index contributed by atoms with van der Waals surface area (Å²) < 4.78 is 0. The molecule has 1 aromatic carbocycles. The first-order valence-corrected chi connectivity index (χ1v) is 7.23. The summed E-state index contributed by atoms with van der Waals surface area (Å²) in [5.74, 6) is 0.872. The zero-order valence-corrected chi connectivity index (χ0v) is 12.0. The van der Waals surface area contributed by atoms with Gasteiger partial charge < -0.3 is 10.3 Å². The Kier molecular flexibility index (Phi) is 5.51. The van der Waals surface area contributed by atoms with Crippen molar-refractivity contribution in [2.75, 3.05) is 13.1 Å². The highest BCUT2D eigenvalue weighted by atomic mass is 16.2. The minimum absolute atomic E-state index is 0.352. The van der Waals surface area contributed by atoms with Crippen LogP contribution in [0.5, 0.6) is 0 Å². The van der Waals surface area contributed by atoms with Gasteiger partial charge >= 0.3 is 5.69 Å². The van der Waals surface area contributed by atoms with Crippen LogP contribution in [-0.2, 0) is 0 Å². The average molecular weight is 287 g/mol. The molecule has 0 spiro atoms. The molecular weight excluding hydrogens is 266 g/mol. The molecule has 0 amide bonds. The highest BCUT2D eigenvalue weighted by Crippen LogP contribution is 2.13. The van der Waals surface area contributed by atoms with E-state index in [1.54, 1.807) is 24.3 Å². The molecule has 1 saturated heterocycles. The Bertz CT molecular complexity index is 696. The fraction of sp³-hybridized carbons (Fsp3) is 0.375. The summed E-state index contributed by atoms with van der Waals surface area (Å²) in [4.78, 5) is 26.6. The van der Waals surface area contributed by atoms with Crippen LogP contribution in [0.25, 0.3) is 10.9 Å². The van der Waals surface area contributed by atoms with Gasteiger partial charge in [0.05, 0.1) is 10.9 Å². The average Bonchev–Trinajstić information content (AvgIpc) is 2.49. The van der Waals surface area contributed by atoms with E-state index in [0.717, 1.165) is 5.92 Å². The van der Waals surface area contributed by atoms with Gasteiger partial charge in [0, 0.05) is 0 Å². The quantitative estimate of drug-likeness (QED) is 0.737. The van der Waals surface area contributed by atoms with Crippen LogP contribution in [0.2, 0.25) is 0 Å². The lowest BCUT2D eigenvalue weighted by molar-refractivity contribution is 0.381. The van der Waals surface area contributed by atoms with Crippen molar-refractivity contribution in [2.24, 2.45) is 5.92 Å². The number of rotatable bonds is 2. The molecule has 3 N–H and O–H groups in total. The van der Waals surface area contributed by atoms with Crippen molar-refractivity contribution in [3.05, 3.63) is 57.8 Å². The predicted octanol–water partition coefficient (Wildman–Crippen LogP) is 1.78. The molecule has 1 unspecified atom stereocenters. The summed E-state index contributed by atoms with van der Waals surface area (Å²) in [5, 5.41) is 3.87. The third kappa shape index (κ3) is 4.43. The van der Waals surface area contributed by atoms with Gasteiger partial charge in [-0.3, -0.25) is 9.78 Å². The van der Waals surface area contributed by atoms with Gasteiger partial charge in [-0.05, 0) is 50.4 Å². The summed E-state index contributed by atoms with van der Waals surface area (Å²) >= 11 is 0. The molecule has 0 bridgehead atoms. The van der Waals surface area contributed by atoms with Crippen molar-refractivity contribution in [3.63, 3.8) is 0 Å². The van der Waals surface area contributed by atoms with E-state index in [1.807, 2.05) is 6.08 Å². The highest BCUT2D eigenvalue weighted by Gasteiger charge is 2.09. The van der Waals surface area contributed by atoms with E-state index in [1.165, 1.54) is 32.4 Å². The first kappa shape index (κ1) is 15.3. The number of aromatic nitrogens is 2. The lowest BCUT2D eigenvalue weighted by atomic mass is 9.96. The van der Waals surface area contributed by atoms with Crippen molar-refractivity contribution in [1.29, 1.82) is 0 Å². The molecular formula is C16H21N3O2. The Labute approximate surface area is 123 Å². The molecule has 1 aliphatic heterocycles. The van der Waals surface area contributed by atoms with Crippen LogP contribution in [0, 0.1) is 5.92 Å². The maximum atomic E-state index is 11.1. The minimum Gasteiger partial charge on any atom is -0.316 e. The molecule has 5 heteroatoms. The van der Waals surface area contributed by atoms with Gasteiger partial charge in [-0.1, -0.05) is 18.2 Å². The largest absolute Gasteiger partial charge is 0.326 e. The molecule has 0 aliphatic carbocycles. The van der Waals surface area contributed by atoms with Crippen molar-refractivity contribution in [3.8, 4) is 0 Å². The number of fused-ring (bicyclic) bond motifs is 1. The highest BCUT2D eigenvalue weighted by molar-refractivity contribution is 5.76. The van der Waals surface area contributed by atoms with Crippen LogP contribution in [0.3, 0.4) is 0 Å². The molecule has 2 aromatic rings. The topological polar surface area (TPSA) is 77.8 Å². The standard InChI is InChI=1S/C8H6N2O2.C8H15N/c11-7-5-3-1-2-4-6(5)9-8(12)10-7;1-2-4-8-5-3-6-9-7-8/h1-4H,(H2,9,10,11,12);2,8-9H,1,3-7H2. The van der Waals surface area contributed by atoms with E-state index in [0.29, 0.717) is 10.9 Å². The van der Waals surface area contributed by atoms with Gasteiger partial charge in [0.1, 0.15) is 0 Å². The Morgan fingerprint density at radius 2 is 2.05 bits per heavy atom. The third-order valence-corrected chi connectivity index (χ3v) is 3.55. The van der Waals surface area contributed by atoms with Crippen molar-refractivity contribution >= 4 is 10.9 Å². The number of nitrogens with one attached hydrogen (secondary N) is 3. The lowest BCUT2D eigenvalue weighted by Gasteiger charge is -2.20. The van der Waals surface area contributed by atoms with E-state index in [2.05, 4.69) is 21.9 Å². The van der Waals surface area contributed by atoms with Gasteiger partial charge in [-0.25, -0.2) is 4.79 Å². The molecule has 1 fully saturated rings. The molecule has 1 aliphatic rings. The predicted molar refractivity (Wildman–Crippen MR) is 85.6 cm³/mol. The zero-order valence-electron chi connectivity index (χ0n) is 12.0. The Morgan fingerprint density at radius 3 is 2.76 bits per heavy atom. The van der Waals surface area contributed by atoms with E-state index in [-0.39, 0.29) is 5.56 Å². The second-order valence-electron chi connectivity index (χ2n) is 5.19. The maximum absolute atomic E-state index is 11.1. The van der Waals surface area contributed by atoms with E-state index < -0.39 is 5.69 Å². The van der Waals surface area contributed by atoms with Crippen molar-refractivity contribution in [1.82, 2.24) is 15.3 Å².